The molecule has 12 heteroatoms. The summed E-state index contributed by atoms with van der Waals surface area (Å²) in [5.74, 6) is -1.79. The van der Waals surface area contributed by atoms with Crippen molar-refractivity contribution in [3.63, 3.8) is 0 Å². The van der Waals surface area contributed by atoms with Crippen LogP contribution in [-0.2, 0) is 25.8 Å². The Morgan fingerprint density at radius 1 is 0.917 bits per heavy atom. The first-order valence-electron chi connectivity index (χ1n) is 16.9. The Hall–Kier alpha value is -4.55. The number of hydrogen-bond donors (Lipinski definition) is 1. The summed E-state index contributed by atoms with van der Waals surface area (Å²) in [4.78, 5) is 49.1. The number of carbonyl (C=O) groups is 3. The number of fused-ring (bicyclic) bond motifs is 3. The second-order valence-electron chi connectivity index (χ2n) is 13.1. The second-order valence-corrected chi connectivity index (χ2v) is 13.1. The van der Waals surface area contributed by atoms with E-state index in [-0.39, 0.29) is 37.5 Å². The number of carbonyl (C=O) groups excluding carboxylic acids is 3. The van der Waals surface area contributed by atoms with Crippen LogP contribution in [0.15, 0.2) is 72.8 Å². The highest BCUT2D eigenvalue weighted by molar-refractivity contribution is 6.04. The molecule has 4 aliphatic rings. The van der Waals surface area contributed by atoms with Gasteiger partial charge in [-0.05, 0) is 63.1 Å². The number of benzene rings is 2. The van der Waals surface area contributed by atoms with E-state index in [9.17, 15) is 19.5 Å². The molecule has 5 atom stereocenters. The van der Waals surface area contributed by atoms with Crippen molar-refractivity contribution < 1.29 is 29.0 Å². The molecule has 252 valence electrons. The molecule has 2 aromatic carbocycles. The molecule has 0 radical (unpaired) electrons. The molecule has 0 bridgehead atoms. The lowest BCUT2D eigenvalue weighted by atomic mass is 9.74. The fourth-order valence-electron chi connectivity index (χ4n) is 7.99. The molecule has 0 aliphatic carbocycles. The summed E-state index contributed by atoms with van der Waals surface area (Å²) in [5.41, 5.74) is -0.252. The lowest BCUT2D eigenvalue weighted by molar-refractivity contribution is -0.152. The fourth-order valence-corrected chi connectivity index (χ4v) is 7.99. The molecule has 1 N–H and O–H groups in total. The van der Waals surface area contributed by atoms with Gasteiger partial charge in [-0.15, -0.1) is 5.10 Å². The van der Waals surface area contributed by atoms with Gasteiger partial charge < -0.3 is 29.3 Å². The summed E-state index contributed by atoms with van der Waals surface area (Å²) >= 11 is 0. The van der Waals surface area contributed by atoms with E-state index in [2.05, 4.69) is 10.3 Å². The molecule has 5 heterocycles. The molecule has 0 saturated carbocycles. The summed E-state index contributed by atoms with van der Waals surface area (Å²) in [7, 11) is 0. The molecule has 4 aliphatic heterocycles. The van der Waals surface area contributed by atoms with Crippen LogP contribution < -0.4 is 9.64 Å². The Labute approximate surface area is 279 Å². The van der Waals surface area contributed by atoms with Crippen molar-refractivity contribution >= 4 is 34.4 Å². The van der Waals surface area contributed by atoms with Gasteiger partial charge in [0.1, 0.15) is 29.6 Å². The third-order valence-electron chi connectivity index (χ3n) is 10.1. The fraction of sp³-hybridized carbons (Fsp3) is 0.472. The van der Waals surface area contributed by atoms with Crippen molar-refractivity contribution in [2.45, 2.75) is 63.4 Å². The van der Waals surface area contributed by atoms with Crippen molar-refractivity contribution in [2.75, 3.05) is 37.7 Å². The molecule has 7 rings (SSSR count). The van der Waals surface area contributed by atoms with Crippen LogP contribution in [0.5, 0.6) is 5.75 Å². The van der Waals surface area contributed by atoms with Crippen LogP contribution in [0.3, 0.4) is 0 Å². The molecule has 1 unspecified atom stereocenters. The molecule has 1 spiro atoms. The lowest BCUT2D eigenvalue weighted by Gasteiger charge is -2.37. The van der Waals surface area contributed by atoms with Gasteiger partial charge in [0.05, 0.1) is 29.6 Å². The highest BCUT2D eigenvalue weighted by Gasteiger charge is 2.74. The minimum Gasteiger partial charge on any atom is -0.494 e. The monoisotopic (exact) mass is 654 g/mol. The maximum atomic E-state index is 14.7. The van der Waals surface area contributed by atoms with Crippen LogP contribution in [-0.4, -0.2) is 97.7 Å². The summed E-state index contributed by atoms with van der Waals surface area (Å²) in [5, 5.41) is 17.8. The zero-order valence-electron chi connectivity index (χ0n) is 27.4. The molecular weight excluding hydrogens is 612 g/mol. The maximum absolute atomic E-state index is 14.7. The largest absolute Gasteiger partial charge is 0.494 e. The first-order valence-corrected chi connectivity index (χ1v) is 16.9. The van der Waals surface area contributed by atoms with Crippen LogP contribution in [0.1, 0.15) is 39.5 Å². The van der Waals surface area contributed by atoms with E-state index >= 15 is 0 Å². The standard InChI is InChI=1S/C36H42N6O6/c1-3-47-26-16-14-25(15-17-26)40-22-10-18-35(2)29(32(40)44)30-33(45)41(21-8-4-5-9-23-43)31-34(46)39(20-11-19-36(30,31)48-35)24-42-28-13-7-6-12-27(28)37-38-42/h6-7,10-19,29-31,43H,3-5,8-9,20-24H2,1-2H3/t29-,30-,31?,35+,36-/m0/s1. The lowest BCUT2D eigenvalue weighted by Crippen LogP contribution is -2.56. The zero-order valence-corrected chi connectivity index (χ0v) is 27.4. The maximum Gasteiger partial charge on any atom is 0.250 e. The molecule has 3 amide bonds. The average molecular weight is 655 g/mol. The minimum absolute atomic E-state index is 0.111. The molecule has 2 fully saturated rings. The number of ether oxygens (including phenoxy) is 2. The second kappa shape index (κ2) is 12.8. The molecule has 1 aromatic heterocycles. The van der Waals surface area contributed by atoms with Gasteiger partial charge in [0.15, 0.2) is 0 Å². The van der Waals surface area contributed by atoms with Gasteiger partial charge in [-0.3, -0.25) is 14.4 Å². The van der Waals surface area contributed by atoms with Crippen molar-refractivity contribution in [3.05, 3.63) is 72.8 Å². The van der Waals surface area contributed by atoms with Crippen LogP contribution in [0, 0.1) is 11.8 Å². The number of aliphatic hydroxyl groups is 1. The van der Waals surface area contributed by atoms with E-state index in [1.54, 1.807) is 19.4 Å². The summed E-state index contributed by atoms with van der Waals surface area (Å²) in [6.45, 7) is 5.50. The van der Waals surface area contributed by atoms with E-state index in [0.29, 0.717) is 44.0 Å². The molecule has 2 saturated heterocycles. The van der Waals surface area contributed by atoms with Crippen molar-refractivity contribution in [1.82, 2.24) is 24.8 Å². The number of unbranched alkanes of at least 4 members (excludes halogenated alkanes) is 3. The molecule has 3 aromatic rings. The van der Waals surface area contributed by atoms with Gasteiger partial charge in [0.25, 0.3) is 5.91 Å². The van der Waals surface area contributed by atoms with E-state index in [0.717, 1.165) is 23.9 Å². The number of amides is 3. The zero-order chi connectivity index (χ0) is 33.5. The van der Waals surface area contributed by atoms with Gasteiger partial charge in [-0.25, -0.2) is 4.68 Å². The number of nitrogens with zero attached hydrogens (tertiary/aromatic N) is 6. The van der Waals surface area contributed by atoms with Gasteiger partial charge in [0.2, 0.25) is 11.8 Å². The third-order valence-corrected chi connectivity index (χ3v) is 10.1. The van der Waals surface area contributed by atoms with Crippen LogP contribution in [0.2, 0.25) is 0 Å². The van der Waals surface area contributed by atoms with Crippen molar-refractivity contribution in [2.24, 2.45) is 11.8 Å². The Balaban J connectivity index is 1.25. The number of aromatic nitrogens is 3. The third kappa shape index (κ3) is 5.27. The molecule has 48 heavy (non-hydrogen) atoms. The van der Waals surface area contributed by atoms with E-state index in [1.807, 2.05) is 86.7 Å². The predicted octanol–water partition coefficient (Wildman–Crippen LogP) is 3.31. The smallest absolute Gasteiger partial charge is 0.250 e. The Bertz CT molecular complexity index is 1750. The average Bonchev–Trinajstić information content (AvgIpc) is 3.61. The van der Waals surface area contributed by atoms with Gasteiger partial charge in [0, 0.05) is 31.9 Å². The highest BCUT2D eigenvalue weighted by atomic mass is 16.5. The molecular formula is C36H42N6O6. The van der Waals surface area contributed by atoms with E-state index in [1.165, 1.54) is 0 Å². The Morgan fingerprint density at radius 3 is 2.48 bits per heavy atom. The SMILES string of the molecule is CCOc1ccc(N2CC=C[C@@]3(C)O[C@]45C=CCN(Cn6nnc7ccccc76)C(=O)C4N(CCCCCCO)C(=O)[C@@H]5[C@H]3C2=O)cc1. The summed E-state index contributed by atoms with van der Waals surface area (Å²) < 4.78 is 14.3. The first-order chi connectivity index (χ1) is 23.3. The van der Waals surface area contributed by atoms with Crippen LogP contribution in [0.25, 0.3) is 11.0 Å². The Kier molecular flexibility index (Phi) is 8.55. The summed E-state index contributed by atoms with van der Waals surface area (Å²) in [6, 6.07) is 14.0. The number of anilines is 1. The van der Waals surface area contributed by atoms with Gasteiger partial charge in [-0.1, -0.05) is 54.5 Å². The highest BCUT2D eigenvalue weighted by Crippen LogP contribution is 2.57. The van der Waals surface area contributed by atoms with E-state index in [4.69, 9.17) is 9.47 Å². The quantitative estimate of drug-likeness (QED) is 0.246. The predicted molar refractivity (Wildman–Crippen MR) is 178 cm³/mol. The van der Waals surface area contributed by atoms with Crippen molar-refractivity contribution in [1.29, 1.82) is 0 Å². The van der Waals surface area contributed by atoms with Crippen LogP contribution in [0.4, 0.5) is 5.69 Å². The Morgan fingerprint density at radius 2 is 1.69 bits per heavy atom. The molecule has 12 nitrogen and oxygen atoms in total. The number of para-hydroxylation sites is 1. The number of hydrogen-bond acceptors (Lipinski definition) is 8. The topological polar surface area (TPSA) is 130 Å². The first kappa shape index (κ1) is 32.0. The van der Waals surface area contributed by atoms with Crippen molar-refractivity contribution in [3.8, 4) is 5.75 Å². The number of rotatable bonds is 11. The normalized spacial score (nSPS) is 28.1. The van der Waals surface area contributed by atoms with Gasteiger partial charge >= 0.3 is 0 Å². The summed E-state index contributed by atoms with van der Waals surface area (Å²) in [6.07, 6.45) is 10.5. The number of aliphatic hydroxyl groups excluding tert-OH is 1. The number of likely N-dealkylation sites (tertiary alicyclic amines) is 1. The minimum atomic E-state index is -1.35. The van der Waals surface area contributed by atoms with Gasteiger partial charge in [-0.2, -0.15) is 0 Å². The van der Waals surface area contributed by atoms with Crippen LogP contribution >= 0.6 is 0 Å². The van der Waals surface area contributed by atoms with E-state index < -0.39 is 29.1 Å².